The van der Waals surface area contributed by atoms with Gasteiger partial charge in [0.15, 0.2) is 0 Å². The Labute approximate surface area is 124 Å². The zero-order valence-electron chi connectivity index (χ0n) is 12.4. The number of aliphatic imine (C=N–C) groups is 1. The van der Waals surface area contributed by atoms with E-state index in [9.17, 15) is 0 Å². The number of nitrogens with two attached hydrogens (primary N) is 1. The van der Waals surface area contributed by atoms with E-state index in [2.05, 4.69) is 9.98 Å². The molecule has 0 aliphatic rings. The molecular weight excluding hydrogens is 264 g/mol. The van der Waals surface area contributed by atoms with Gasteiger partial charge in [0.1, 0.15) is 0 Å². The van der Waals surface area contributed by atoms with E-state index >= 15 is 0 Å². The number of methoxy groups -OCH3 is 1. The molecule has 0 atom stereocenters. The van der Waals surface area contributed by atoms with Gasteiger partial charge in [0.2, 0.25) is 0 Å². The molecule has 1 aromatic heterocycles. The van der Waals surface area contributed by atoms with Crippen molar-refractivity contribution >= 4 is 11.8 Å². The fourth-order valence-corrected chi connectivity index (χ4v) is 1.91. The molecule has 2 aromatic rings. The molecule has 1 heterocycles. The highest BCUT2D eigenvalue weighted by molar-refractivity contribution is 6.09. The number of allylic oxidation sites excluding steroid dienone is 1. The summed E-state index contributed by atoms with van der Waals surface area (Å²) >= 11 is 0. The Kier molecular flexibility index (Phi) is 5.29. The Morgan fingerprint density at radius 2 is 2.14 bits per heavy atom. The number of benzene rings is 1. The van der Waals surface area contributed by atoms with Crippen LogP contribution >= 0.6 is 0 Å². The van der Waals surface area contributed by atoms with Gasteiger partial charge in [0.05, 0.1) is 25.2 Å². The van der Waals surface area contributed by atoms with Gasteiger partial charge in [0, 0.05) is 37.0 Å². The third kappa shape index (κ3) is 4.03. The Morgan fingerprint density at radius 3 is 2.71 bits per heavy atom. The Balaban J connectivity index is 2.12. The first-order chi connectivity index (χ1) is 10.2. The highest BCUT2D eigenvalue weighted by atomic mass is 16.5. The molecular formula is C16H20N4O. The van der Waals surface area contributed by atoms with Crippen molar-refractivity contribution in [2.75, 3.05) is 20.3 Å². The molecule has 110 valence electrons. The second kappa shape index (κ2) is 7.40. The predicted molar refractivity (Wildman–Crippen MR) is 85.7 cm³/mol. The zero-order chi connectivity index (χ0) is 15.1. The molecule has 0 fully saturated rings. The van der Waals surface area contributed by atoms with Crippen LogP contribution < -0.4 is 5.73 Å². The molecule has 5 nitrogen and oxygen atoms in total. The number of imidazole rings is 1. The Bertz CT molecular complexity index is 626. The highest BCUT2D eigenvalue weighted by Crippen LogP contribution is 2.15. The number of aromatic nitrogens is 2. The maximum absolute atomic E-state index is 5.67. The number of rotatable bonds is 6. The van der Waals surface area contributed by atoms with Crippen LogP contribution in [0, 0.1) is 6.92 Å². The summed E-state index contributed by atoms with van der Waals surface area (Å²) in [6.45, 7) is 3.20. The summed E-state index contributed by atoms with van der Waals surface area (Å²) in [6, 6.07) is 8.10. The van der Waals surface area contributed by atoms with Crippen molar-refractivity contribution in [1.29, 1.82) is 0 Å². The third-order valence-electron chi connectivity index (χ3n) is 3.04. The standard InChI is InChI=1S/C16H20N4O/c1-13-11-20(12-19-13)16-5-3-14(4-6-16)15(9-17)10-18-7-8-21-2/h3-6,9-12H,7-8,17H2,1-2H3. The van der Waals surface area contributed by atoms with E-state index < -0.39 is 0 Å². The number of ether oxygens (including phenoxy) is 1. The minimum absolute atomic E-state index is 0.604. The van der Waals surface area contributed by atoms with Crippen molar-refractivity contribution in [2.45, 2.75) is 6.92 Å². The number of aryl methyl sites for hydroxylation is 1. The predicted octanol–water partition coefficient (Wildman–Crippen LogP) is 2.20. The second-order valence-electron chi connectivity index (χ2n) is 4.62. The summed E-state index contributed by atoms with van der Waals surface area (Å²) in [7, 11) is 1.66. The molecule has 0 unspecified atom stereocenters. The van der Waals surface area contributed by atoms with Crippen molar-refractivity contribution in [2.24, 2.45) is 10.7 Å². The smallest absolute Gasteiger partial charge is 0.0995 e. The SMILES string of the molecule is COCCN=CC(=CN)c1ccc(-n2cnc(C)c2)cc1. The monoisotopic (exact) mass is 284 g/mol. The van der Waals surface area contributed by atoms with Crippen LogP contribution in [0.2, 0.25) is 0 Å². The maximum Gasteiger partial charge on any atom is 0.0995 e. The number of hydrogen-bond donors (Lipinski definition) is 1. The normalized spacial score (nSPS) is 12.2. The van der Waals surface area contributed by atoms with Gasteiger partial charge in [-0.25, -0.2) is 4.98 Å². The van der Waals surface area contributed by atoms with Crippen LogP contribution in [0.3, 0.4) is 0 Å². The van der Waals surface area contributed by atoms with E-state index in [1.165, 1.54) is 0 Å². The summed E-state index contributed by atoms with van der Waals surface area (Å²) < 4.78 is 6.94. The highest BCUT2D eigenvalue weighted by Gasteiger charge is 2.01. The van der Waals surface area contributed by atoms with E-state index in [0.717, 1.165) is 22.5 Å². The fraction of sp³-hybridized carbons (Fsp3) is 0.250. The fourth-order valence-electron chi connectivity index (χ4n) is 1.91. The summed E-state index contributed by atoms with van der Waals surface area (Å²) in [4.78, 5) is 8.50. The summed E-state index contributed by atoms with van der Waals surface area (Å²) in [6.07, 6.45) is 7.12. The van der Waals surface area contributed by atoms with Gasteiger partial charge < -0.3 is 15.0 Å². The Morgan fingerprint density at radius 1 is 1.38 bits per heavy atom. The van der Waals surface area contributed by atoms with Crippen LogP contribution in [0.4, 0.5) is 0 Å². The third-order valence-corrected chi connectivity index (χ3v) is 3.04. The van der Waals surface area contributed by atoms with Gasteiger partial charge in [-0.05, 0) is 24.6 Å². The van der Waals surface area contributed by atoms with E-state index in [4.69, 9.17) is 10.5 Å². The van der Waals surface area contributed by atoms with E-state index in [0.29, 0.717) is 13.2 Å². The molecule has 21 heavy (non-hydrogen) atoms. The van der Waals surface area contributed by atoms with Gasteiger partial charge >= 0.3 is 0 Å². The van der Waals surface area contributed by atoms with Crippen LogP contribution in [0.5, 0.6) is 0 Å². The van der Waals surface area contributed by atoms with Crippen LogP contribution in [0.25, 0.3) is 11.3 Å². The molecule has 0 bridgehead atoms. The molecule has 0 amide bonds. The minimum atomic E-state index is 0.604. The van der Waals surface area contributed by atoms with Gasteiger partial charge in [-0.3, -0.25) is 4.99 Å². The lowest BCUT2D eigenvalue weighted by molar-refractivity contribution is 0.208. The van der Waals surface area contributed by atoms with Gasteiger partial charge in [-0.1, -0.05) is 12.1 Å². The molecule has 0 saturated heterocycles. The quantitative estimate of drug-likeness (QED) is 0.653. The largest absolute Gasteiger partial charge is 0.404 e. The lowest BCUT2D eigenvalue weighted by Gasteiger charge is -2.05. The molecule has 2 rings (SSSR count). The number of nitrogens with zero attached hydrogens (tertiary/aromatic N) is 3. The molecule has 0 spiro atoms. The van der Waals surface area contributed by atoms with E-state index in [1.54, 1.807) is 25.9 Å². The van der Waals surface area contributed by atoms with E-state index in [-0.39, 0.29) is 0 Å². The van der Waals surface area contributed by atoms with Gasteiger partial charge in [0.25, 0.3) is 0 Å². The topological polar surface area (TPSA) is 65.4 Å². The van der Waals surface area contributed by atoms with Crippen LogP contribution in [0.1, 0.15) is 11.3 Å². The summed E-state index contributed by atoms with van der Waals surface area (Å²) in [5.74, 6) is 0. The van der Waals surface area contributed by atoms with Crippen LogP contribution in [0.15, 0.2) is 48.0 Å². The summed E-state index contributed by atoms with van der Waals surface area (Å²) in [5, 5.41) is 0. The average Bonchev–Trinajstić information content (AvgIpc) is 2.94. The molecule has 1 aromatic carbocycles. The zero-order valence-corrected chi connectivity index (χ0v) is 12.4. The molecule has 0 aliphatic heterocycles. The van der Waals surface area contributed by atoms with Crippen molar-refractivity contribution in [3.05, 3.63) is 54.2 Å². The van der Waals surface area contributed by atoms with Gasteiger partial charge in [-0.15, -0.1) is 0 Å². The second-order valence-corrected chi connectivity index (χ2v) is 4.62. The van der Waals surface area contributed by atoms with E-state index in [1.807, 2.05) is 42.0 Å². The van der Waals surface area contributed by atoms with Crippen LogP contribution in [-0.4, -0.2) is 36.0 Å². The van der Waals surface area contributed by atoms with Crippen molar-refractivity contribution in [3.8, 4) is 5.69 Å². The number of hydrogen-bond acceptors (Lipinski definition) is 4. The Hall–Kier alpha value is -2.40. The first-order valence-electron chi connectivity index (χ1n) is 6.76. The van der Waals surface area contributed by atoms with Crippen LogP contribution in [-0.2, 0) is 4.74 Å². The van der Waals surface area contributed by atoms with Crippen molar-refractivity contribution in [1.82, 2.24) is 9.55 Å². The molecule has 0 aliphatic carbocycles. The molecule has 0 radical (unpaired) electrons. The maximum atomic E-state index is 5.67. The lowest BCUT2D eigenvalue weighted by atomic mass is 10.1. The molecule has 5 heteroatoms. The molecule has 0 saturated carbocycles. The van der Waals surface area contributed by atoms with Gasteiger partial charge in [-0.2, -0.15) is 0 Å². The van der Waals surface area contributed by atoms with Crippen molar-refractivity contribution in [3.63, 3.8) is 0 Å². The van der Waals surface area contributed by atoms with Crippen molar-refractivity contribution < 1.29 is 4.74 Å². The average molecular weight is 284 g/mol. The first-order valence-corrected chi connectivity index (χ1v) is 6.76. The molecule has 2 N–H and O–H groups in total. The minimum Gasteiger partial charge on any atom is -0.404 e. The first kappa shape index (κ1) is 15.0. The summed E-state index contributed by atoms with van der Waals surface area (Å²) in [5.41, 5.74) is 9.64. The lowest BCUT2D eigenvalue weighted by Crippen LogP contribution is -1.96.